The van der Waals surface area contributed by atoms with Gasteiger partial charge in [-0.1, -0.05) is 12.1 Å². The van der Waals surface area contributed by atoms with Crippen LogP contribution in [-0.4, -0.2) is 20.1 Å². The van der Waals surface area contributed by atoms with Crippen LogP contribution in [0.4, 0.5) is 4.39 Å². The molecule has 0 bridgehead atoms. The Labute approximate surface area is 128 Å². The average molecular weight is 322 g/mol. The zero-order valence-electron chi connectivity index (χ0n) is 11.9. The van der Waals surface area contributed by atoms with E-state index in [1.165, 1.54) is 24.3 Å². The lowest BCUT2D eigenvalue weighted by molar-refractivity contribution is 0.340. The summed E-state index contributed by atoms with van der Waals surface area (Å²) < 4.78 is 43.0. The Hall–Kier alpha value is -2.34. The van der Waals surface area contributed by atoms with Crippen molar-refractivity contribution in [2.45, 2.75) is 11.8 Å². The first-order chi connectivity index (χ1) is 10.4. The van der Waals surface area contributed by atoms with Gasteiger partial charge in [-0.25, -0.2) is 12.8 Å². The summed E-state index contributed by atoms with van der Waals surface area (Å²) in [6.45, 7) is 2.34. The highest BCUT2D eigenvalue weighted by Gasteiger charge is 2.17. The van der Waals surface area contributed by atoms with Crippen LogP contribution in [0.1, 0.15) is 12.5 Å². The Morgan fingerprint density at radius 2 is 1.82 bits per heavy atom. The first-order valence-corrected chi connectivity index (χ1v) is 8.12. The number of aliphatic hydroxyl groups is 1. The lowest BCUT2D eigenvalue weighted by atomic mass is 10.2. The second-order valence-corrected chi connectivity index (χ2v) is 6.20. The molecule has 0 atom stereocenters. The lowest BCUT2D eigenvalue weighted by Crippen LogP contribution is -2.01. The molecule has 0 amide bonds. The molecule has 0 spiro atoms. The van der Waals surface area contributed by atoms with Crippen molar-refractivity contribution in [2.24, 2.45) is 0 Å². The predicted octanol–water partition coefficient (Wildman–Crippen LogP) is 3.55. The Morgan fingerprint density at radius 1 is 1.18 bits per heavy atom. The molecule has 0 saturated heterocycles. The van der Waals surface area contributed by atoms with Crippen LogP contribution in [0, 0.1) is 5.82 Å². The van der Waals surface area contributed by atoms with Gasteiger partial charge in [-0.2, -0.15) is 0 Å². The zero-order chi connectivity index (χ0) is 16.2. The van der Waals surface area contributed by atoms with Gasteiger partial charge in [0.05, 0.1) is 12.0 Å². The van der Waals surface area contributed by atoms with Crippen LogP contribution in [0.15, 0.2) is 58.8 Å². The van der Waals surface area contributed by atoms with Crippen LogP contribution in [-0.2, 0) is 9.84 Å². The van der Waals surface area contributed by atoms with Gasteiger partial charge in [0, 0.05) is 5.56 Å². The molecule has 0 aromatic heterocycles. The largest absolute Gasteiger partial charge is 0.507 e. The van der Waals surface area contributed by atoms with Crippen LogP contribution in [0.25, 0.3) is 5.76 Å². The van der Waals surface area contributed by atoms with Crippen molar-refractivity contribution in [1.82, 2.24) is 0 Å². The van der Waals surface area contributed by atoms with Crippen molar-refractivity contribution in [1.29, 1.82) is 0 Å². The maximum Gasteiger partial charge on any atom is 0.206 e. The molecule has 0 aliphatic heterocycles. The fourth-order valence-corrected chi connectivity index (χ4v) is 3.01. The highest BCUT2D eigenvalue weighted by Crippen LogP contribution is 2.22. The molecule has 4 nitrogen and oxygen atoms in total. The normalized spacial score (nSPS) is 12.2. The Bertz CT molecular complexity index is 780. The summed E-state index contributed by atoms with van der Waals surface area (Å²) in [7, 11) is -4.08. The van der Waals surface area contributed by atoms with E-state index in [2.05, 4.69) is 0 Å². The molecule has 1 N–H and O–H groups in total. The monoisotopic (exact) mass is 322 g/mol. The molecule has 0 unspecified atom stereocenters. The van der Waals surface area contributed by atoms with E-state index in [4.69, 9.17) is 4.74 Å². The van der Waals surface area contributed by atoms with Gasteiger partial charge in [0.2, 0.25) is 9.84 Å². The number of rotatable bonds is 5. The molecule has 0 aliphatic carbocycles. The molecule has 0 heterocycles. The summed E-state index contributed by atoms with van der Waals surface area (Å²) in [6.07, 6.45) is 0. The van der Waals surface area contributed by atoms with Crippen molar-refractivity contribution >= 4 is 15.6 Å². The van der Waals surface area contributed by atoms with Gasteiger partial charge >= 0.3 is 0 Å². The smallest absolute Gasteiger partial charge is 0.206 e. The fourth-order valence-electron chi connectivity index (χ4n) is 1.84. The number of benzene rings is 2. The number of halogens is 1. The third-order valence-corrected chi connectivity index (χ3v) is 4.35. The molecule has 2 rings (SSSR count). The maximum absolute atomic E-state index is 13.6. The van der Waals surface area contributed by atoms with Gasteiger partial charge in [-0.05, 0) is 43.3 Å². The summed E-state index contributed by atoms with van der Waals surface area (Å²) in [4.78, 5) is -0.479. The van der Waals surface area contributed by atoms with Crippen LogP contribution in [0.2, 0.25) is 0 Å². The number of ether oxygens (including phenoxy) is 1. The summed E-state index contributed by atoms with van der Waals surface area (Å²) in [6, 6.07) is 11.3. The summed E-state index contributed by atoms with van der Waals surface area (Å²) in [5.41, 5.74) is 0.295. The maximum atomic E-state index is 13.6. The molecule has 0 saturated carbocycles. The Balaban J connectivity index is 2.33. The third-order valence-electron chi connectivity index (χ3n) is 2.87. The molecular weight excluding hydrogens is 307 g/mol. The van der Waals surface area contributed by atoms with E-state index >= 15 is 0 Å². The second kappa shape index (κ2) is 6.62. The van der Waals surface area contributed by atoms with E-state index in [-0.39, 0.29) is 0 Å². The van der Waals surface area contributed by atoms with Gasteiger partial charge in [0.25, 0.3) is 0 Å². The van der Waals surface area contributed by atoms with Gasteiger partial charge in [-0.3, -0.25) is 0 Å². The lowest BCUT2D eigenvalue weighted by Gasteiger charge is -2.05. The minimum Gasteiger partial charge on any atom is -0.507 e. The summed E-state index contributed by atoms with van der Waals surface area (Å²) in [5.74, 6) is -0.722. The van der Waals surface area contributed by atoms with Gasteiger partial charge in [0.15, 0.2) is 0 Å². The van der Waals surface area contributed by atoms with E-state index in [9.17, 15) is 17.9 Å². The minimum atomic E-state index is -4.08. The van der Waals surface area contributed by atoms with Crippen molar-refractivity contribution in [3.8, 4) is 5.75 Å². The SMILES string of the molecule is CCOc1ccc(C(O)=CS(=O)(=O)c2ccccc2F)cc1. The molecule has 2 aromatic carbocycles. The van der Waals surface area contributed by atoms with Gasteiger partial charge in [-0.15, -0.1) is 0 Å². The van der Waals surface area contributed by atoms with Crippen LogP contribution < -0.4 is 4.74 Å². The molecule has 6 heteroatoms. The standard InChI is InChI=1S/C16H15FO4S/c1-2-21-13-9-7-12(8-10-13)15(18)11-22(19,20)16-6-4-3-5-14(16)17/h3-11,18H,2H2,1H3. The van der Waals surface area contributed by atoms with Crippen LogP contribution in [0.3, 0.4) is 0 Å². The number of hydrogen-bond acceptors (Lipinski definition) is 4. The Kier molecular flexibility index (Phi) is 4.82. The molecule has 2 aromatic rings. The van der Waals surface area contributed by atoms with E-state index in [0.717, 1.165) is 12.1 Å². The fraction of sp³-hybridized carbons (Fsp3) is 0.125. The van der Waals surface area contributed by atoms with E-state index in [1.807, 2.05) is 6.92 Å². The van der Waals surface area contributed by atoms with E-state index in [0.29, 0.717) is 23.3 Å². The van der Waals surface area contributed by atoms with E-state index in [1.54, 1.807) is 12.1 Å². The van der Waals surface area contributed by atoms with Crippen molar-refractivity contribution in [2.75, 3.05) is 6.61 Å². The third kappa shape index (κ3) is 3.65. The topological polar surface area (TPSA) is 63.6 Å². The van der Waals surface area contributed by atoms with Gasteiger partial charge in [0.1, 0.15) is 22.2 Å². The average Bonchev–Trinajstić information content (AvgIpc) is 2.48. The first kappa shape index (κ1) is 16.0. The molecular formula is C16H15FO4S. The van der Waals surface area contributed by atoms with Crippen molar-refractivity contribution in [3.05, 3.63) is 65.3 Å². The highest BCUT2D eigenvalue weighted by atomic mass is 32.2. The van der Waals surface area contributed by atoms with Crippen molar-refractivity contribution < 1.29 is 22.7 Å². The summed E-state index contributed by atoms with van der Waals surface area (Å²) in [5, 5.41) is 10.6. The number of aliphatic hydroxyl groups excluding tert-OH is 1. The van der Waals surface area contributed by atoms with E-state index < -0.39 is 26.3 Å². The van der Waals surface area contributed by atoms with Crippen LogP contribution in [0.5, 0.6) is 5.75 Å². The molecule has 0 fully saturated rings. The zero-order valence-corrected chi connectivity index (χ0v) is 12.7. The molecule has 22 heavy (non-hydrogen) atoms. The first-order valence-electron chi connectivity index (χ1n) is 6.57. The number of sulfone groups is 1. The predicted molar refractivity (Wildman–Crippen MR) is 81.8 cm³/mol. The Morgan fingerprint density at radius 3 is 2.41 bits per heavy atom. The van der Waals surface area contributed by atoms with Crippen molar-refractivity contribution in [3.63, 3.8) is 0 Å². The molecule has 0 aliphatic rings. The highest BCUT2D eigenvalue weighted by molar-refractivity contribution is 7.94. The summed E-state index contributed by atoms with van der Waals surface area (Å²) >= 11 is 0. The van der Waals surface area contributed by atoms with Gasteiger partial charge < -0.3 is 9.84 Å². The second-order valence-electron chi connectivity index (χ2n) is 4.44. The van der Waals surface area contributed by atoms with Crippen LogP contribution >= 0.6 is 0 Å². The number of hydrogen-bond donors (Lipinski definition) is 1. The molecule has 0 radical (unpaired) electrons. The quantitative estimate of drug-likeness (QED) is 0.855. The minimum absolute atomic E-state index is 0.295. The molecule has 116 valence electrons.